The number of hydrogen-bond donors (Lipinski definition) is 2. The fraction of sp³-hybridized carbons (Fsp3) is 0.316. The van der Waals surface area contributed by atoms with E-state index in [-0.39, 0.29) is 42.0 Å². The van der Waals surface area contributed by atoms with E-state index >= 15 is 0 Å². The lowest BCUT2D eigenvalue weighted by atomic mass is 10.1. The zero-order valence-corrected chi connectivity index (χ0v) is 18.4. The van der Waals surface area contributed by atoms with E-state index < -0.39 is 17.6 Å². The molecule has 0 unspecified atom stereocenters. The van der Waals surface area contributed by atoms with E-state index in [9.17, 15) is 17.6 Å². The molecule has 2 N–H and O–H groups in total. The van der Waals surface area contributed by atoms with Crippen LogP contribution in [0.3, 0.4) is 0 Å². The van der Waals surface area contributed by atoms with E-state index in [1.54, 1.807) is 25.3 Å². The lowest BCUT2D eigenvalue weighted by Gasteiger charge is -2.17. The Morgan fingerprint density at radius 2 is 1.59 bits per heavy atom. The van der Waals surface area contributed by atoms with Gasteiger partial charge in [-0.2, -0.15) is 13.2 Å². The molecule has 0 heterocycles. The summed E-state index contributed by atoms with van der Waals surface area (Å²) in [5.41, 5.74) is -0.296. The Morgan fingerprint density at radius 1 is 0.966 bits per heavy atom. The summed E-state index contributed by atoms with van der Waals surface area (Å²) in [4.78, 5) is 3.99. The number of hydrogen-bond acceptors (Lipinski definition) is 3. The molecular formula is C19H22F4IN3O2. The van der Waals surface area contributed by atoms with E-state index in [0.717, 1.165) is 17.7 Å². The van der Waals surface area contributed by atoms with Gasteiger partial charge >= 0.3 is 6.18 Å². The topological polar surface area (TPSA) is 54.9 Å². The van der Waals surface area contributed by atoms with Crippen molar-refractivity contribution in [1.82, 2.24) is 10.6 Å². The summed E-state index contributed by atoms with van der Waals surface area (Å²) in [5.74, 6) is 0.583. The third kappa shape index (κ3) is 6.94. The molecule has 29 heavy (non-hydrogen) atoms. The van der Waals surface area contributed by atoms with Gasteiger partial charge in [-0.3, -0.25) is 4.99 Å². The predicted molar refractivity (Wildman–Crippen MR) is 113 cm³/mol. The average Bonchev–Trinajstić information content (AvgIpc) is 2.68. The highest BCUT2D eigenvalue weighted by molar-refractivity contribution is 14.0. The van der Waals surface area contributed by atoms with Crippen molar-refractivity contribution in [2.75, 3.05) is 21.3 Å². The van der Waals surface area contributed by atoms with Crippen molar-refractivity contribution >= 4 is 29.9 Å². The summed E-state index contributed by atoms with van der Waals surface area (Å²) in [5, 5.41) is 5.80. The van der Waals surface area contributed by atoms with Crippen molar-refractivity contribution in [3.63, 3.8) is 0 Å². The minimum Gasteiger partial charge on any atom is -0.497 e. The number of methoxy groups -OCH3 is 2. The Labute approximate surface area is 183 Å². The number of halogens is 5. The maximum atomic E-state index is 13.2. The van der Waals surface area contributed by atoms with E-state index in [4.69, 9.17) is 9.47 Å². The number of rotatable bonds is 6. The number of ether oxygens (including phenoxy) is 2. The van der Waals surface area contributed by atoms with Crippen LogP contribution in [0.1, 0.15) is 16.7 Å². The average molecular weight is 527 g/mol. The molecule has 10 heteroatoms. The van der Waals surface area contributed by atoms with Gasteiger partial charge in [-0.15, -0.1) is 24.0 Å². The molecule has 0 radical (unpaired) electrons. The molecule has 0 amide bonds. The van der Waals surface area contributed by atoms with Crippen molar-refractivity contribution in [2.45, 2.75) is 19.3 Å². The van der Waals surface area contributed by atoms with Crippen LogP contribution < -0.4 is 20.1 Å². The standard InChI is InChI=1S/C19H21F4N3O2.HI/c1-24-18(26-11-13-5-7-15(27-2)9-17(13)28-3)25-10-12-4-6-14(20)8-16(12)19(21,22)23;/h4-9H,10-11H2,1-3H3,(H2,24,25,26);1H. The summed E-state index contributed by atoms with van der Waals surface area (Å²) in [6, 6.07) is 7.87. The lowest BCUT2D eigenvalue weighted by Crippen LogP contribution is -2.36. The first kappa shape index (κ1) is 24.8. The second-order valence-electron chi connectivity index (χ2n) is 5.76. The van der Waals surface area contributed by atoms with E-state index in [1.807, 2.05) is 0 Å². The van der Waals surface area contributed by atoms with Crippen LogP contribution in [0.2, 0.25) is 0 Å². The molecule has 0 saturated heterocycles. The molecule has 160 valence electrons. The summed E-state index contributed by atoms with van der Waals surface area (Å²) < 4.78 is 62.9. The first-order chi connectivity index (χ1) is 13.3. The summed E-state index contributed by atoms with van der Waals surface area (Å²) in [7, 11) is 4.57. The number of benzene rings is 2. The highest BCUT2D eigenvalue weighted by atomic mass is 127. The summed E-state index contributed by atoms with van der Waals surface area (Å²) in [6.07, 6.45) is -4.65. The van der Waals surface area contributed by atoms with Gasteiger partial charge in [-0.05, 0) is 29.8 Å². The summed E-state index contributed by atoms with van der Waals surface area (Å²) >= 11 is 0. The second kappa shape index (κ2) is 11.1. The van der Waals surface area contributed by atoms with E-state index in [1.165, 1.54) is 14.2 Å². The van der Waals surface area contributed by atoms with Gasteiger partial charge in [0.1, 0.15) is 17.3 Å². The van der Waals surface area contributed by atoms with Crippen molar-refractivity contribution in [1.29, 1.82) is 0 Å². The molecule has 0 aliphatic rings. The largest absolute Gasteiger partial charge is 0.497 e. The molecule has 0 spiro atoms. The molecule has 0 bridgehead atoms. The first-order valence-corrected chi connectivity index (χ1v) is 8.29. The number of nitrogens with zero attached hydrogens (tertiary/aromatic N) is 1. The van der Waals surface area contributed by atoms with Crippen LogP contribution in [-0.4, -0.2) is 27.2 Å². The Morgan fingerprint density at radius 3 is 2.14 bits per heavy atom. The SMILES string of the molecule is CN=C(NCc1ccc(OC)cc1OC)NCc1ccc(F)cc1C(F)(F)F.I. The minimum atomic E-state index is -4.65. The number of nitrogens with one attached hydrogen (secondary N) is 2. The fourth-order valence-corrected chi connectivity index (χ4v) is 2.54. The van der Waals surface area contributed by atoms with Gasteiger partial charge in [0, 0.05) is 31.8 Å². The third-order valence-corrected chi connectivity index (χ3v) is 3.99. The maximum absolute atomic E-state index is 13.2. The lowest BCUT2D eigenvalue weighted by molar-refractivity contribution is -0.138. The van der Waals surface area contributed by atoms with Gasteiger partial charge in [-0.25, -0.2) is 4.39 Å². The molecule has 2 aromatic rings. The smallest absolute Gasteiger partial charge is 0.416 e. The molecule has 0 aromatic heterocycles. The fourth-order valence-electron chi connectivity index (χ4n) is 2.54. The Hall–Kier alpha value is -2.24. The van der Waals surface area contributed by atoms with E-state index in [2.05, 4.69) is 15.6 Å². The van der Waals surface area contributed by atoms with Crippen LogP contribution in [0.4, 0.5) is 17.6 Å². The van der Waals surface area contributed by atoms with Gasteiger partial charge in [0.15, 0.2) is 5.96 Å². The Balaban J connectivity index is 0.00000420. The van der Waals surface area contributed by atoms with Crippen LogP contribution in [0.15, 0.2) is 41.4 Å². The zero-order valence-electron chi connectivity index (χ0n) is 16.1. The minimum absolute atomic E-state index is 0. The van der Waals surface area contributed by atoms with Gasteiger partial charge < -0.3 is 20.1 Å². The van der Waals surface area contributed by atoms with Crippen molar-refractivity contribution in [3.05, 3.63) is 58.9 Å². The Bertz CT molecular complexity index is 845. The molecule has 0 saturated carbocycles. The predicted octanol–water partition coefficient (Wildman–Crippen LogP) is 4.34. The molecule has 2 rings (SSSR count). The molecule has 0 aliphatic heterocycles. The van der Waals surface area contributed by atoms with Crippen molar-refractivity contribution in [3.8, 4) is 11.5 Å². The van der Waals surface area contributed by atoms with Crippen LogP contribution in [0.5, 0.6) is 11.5 Å². The van der Waals surface area contributed by atoms with Gasteiger partial charge in [0.25, 0.3) is 0 Å². The molecule has 0 fully saturated rings. The monoisotopic (exact) mass is 527 g/mol. The molecule has 0 atom stereocenters. The van der Waals surface area contributed by atoms with E-state index in [0.29, 0.717) is 24.1 Å². The van der Waals surface area contributed by atoms with Crippen molar-refractivity contribution < 1.29 is 27.0 Å². The maximum Gasteiger partial charge on any atom is 0.416 e. The highest BCUT2D eigenvalue weighted by Crippen LogP contribution is 2.32. The number of aliphatic imine (C=N–C) groups is 1. The summed E-state index contributed by atoms with van der Waals surface area (Å²) in [6.45, 7) is 0.150. The molecule has 0 aliphatic carbocycles. The Kier molecular flexibility index (Phi) is 9.47. The normalized spacial score (nSPS) is 11.5. The van der Waals surface area contributed by atoms with Gasteiger partial charge in [-0.1, -0.05) is 6.07 Å². The van der Waals surface area contributed by atoms with Crippen LogP contribution in [0, 0.1) is 5.82 Å². The van der Waals surface area contributed by atoms with Crippen LogP contribution in [0.25, 0.3) is 0 Å². The molecule has 2 aromatic carbocycles. The quantitative estimate of drug-likeness (QED) is 0.254. The van der Waals surface area contributed by atoms with Crippen LogP contribution >= 0.6 is 24.0 Å². The number of alkyl halides is 3. The van der Waals surface area contributed by atoms with Crippen LogP contribution in [-0.2, 0) is 19.3 Å². The van der Waals surface area contributed by atoms with Gasteiger partial charge in [0.05, 0.1) is 19.8 Å². The zero-order chi connectivity index (χ0) is 20.7. The molecular weight excluding hydrogens is 505 g/mol. The van der Waals surface area contributed by atoms with Crippen molar-refractivity contribution in [2.24, 2.45) is 4.99 Å². The molecule has 5 nitrogen and oxygen atoms in total. The second-order valence-corrected chi connectivity index (χ2v) is 5.76. The third-order valence-electron chi connectivity index (χ3n) is 3.99. The van der Waals surface area contributed by atoms with Gasteiger partial charge in [0.2, 0.25) is 0 Å². The highest BCUT2D eigenvalue weighted by Gasteiger charge is 2.33. The first-order valence-electron chi connectivity index (χ1n) is 8.29. The number of guanidine groups is 1.